The van der Waals surface area contributed by atoms with Crippen molar-refractivity contribution in [3.05, 3.63) is 40.0 Å². The van der Waals surface area contributed by atoms with Gasteiger partial charge in [-0.25, -0.2) is 9.59 Å². The average molecular weight is 377 g/mol. The van der Waals surface area contributed by atoms with Gasteiger partial charge in [0.25, 0.3) is 0 Å². The van der Waals surface area contributed by atoms with Gasteiger partial charge >= 0.3 is 12.1 Å². The Morgan fingerprint density at radius 1 is 1.27 bits per heavy atom. The van der Waals surface area contributed by atoms with Crippen LogP contribution in [0.1, 0.15) is 42.4 Å². The van der Waals surface area contributed by atoms with Gasteiger partial charge < -0.3 is 14.4 Å². The summed E-state index contributed by atoms with van der Waals surface area (Å²) in [5, 5.41) is 1.12. The summed E-state index contributed by atoms with van der Waals surface area (Å²) in [6.45, 7) is 6.18. The van der Waals surface area contributed by atoms with E-state index in [-0.39, 0.29) is 6.54 Å². The molecule has 7 heteroatoms. The van der Waals surface area contributed by atoms with Crippen LogP contribution in [0.3, 0.4) is 0 Å². The summed E-state index contributed by atoms with van der Waals surface area (Å²) < 4.78 is 10.4. The van der Waals surface area contributed by atoms with Crippen molar-refractivity contribution in [2.45, 2.75) is 39.3 Å². The van der Waals surface area contributed by atoms with Crippen molar-refractivity contribution in [3.63, 3.8) is 0 Å². The highest BCUT2D eigenvalue weighted by molar-refractivity contribution is 6.31. The summed E-state index contributed by atoms with van der Waals surface area (Å²) in [5.74, 6) is -0.470. The summed E-state index contributed by atoms with van der Waals surface area (Å²) in [7, 11) is 1.33. The van der Waals surface area contributed by atoms with Gasteiger partial charge in [-0.05, 0) is 39.0 Å². The zero-order valence-corrected chi connectivity index (χ0v) is 16.0. The van der Waals surface area contributed by atoms with Crippen LogP contribution in [0.2, 0.25) is 5.02 Å². The van der Waals surface area contributed by atoms with Crippen LogP contribution in [0.25, 0.3) is 10.9 Å². The number of carbonyl (C=O) groups is 2. The first-order chi connectivity index (χ1) is 12.2. The molecule has 0 spiro atoms. The summed E-state index contributed by atoms with van der Waals surface area (Å²) in [4.78, 5) is 31.2. The highest BCUT2D eigenvalue weighted by Crippen LogP contribution is 2.31. The Labute approximate surface area is 157 Å². The monoisotopic (exact) mass is 376 g/mol. The minimum atomic E-state index is -0.586. The number of methoxy groups -OCH3 is 1. The Hall–Kier alpha value is -2.34. The van der Waals surface area contributed by atoms with Crippen molar-refractivity contribution >= 4 is 34.6 Å². The number of esters is 1. The summed E-state index contributed by atoms with van der Waals surface area (Å²) in [6.07, 6.45) is 0.127. The number of pyridine rings is 1. The molecular formula is C19H21ClN2O4. The number of benzene rings is 1. The molecule has 0 fully saturated rings. The molecule has 6 nitrogen and oxygen atoms in total. The number of nitrogens with zero attached hydrogens (tertiary/aromatic N) is 2. The van der Waals surface area contributed by atoms with Gasteiger partial charge in [-0.2, -0.15) is 0 Å². The molecule has 138 valence electrons. The minimum Gasteiger partial charge on any atom is -0.465 e. The second-order valence-corrected chi connectivity index (χ2v) is 7.65. The molecule has 0 saturated carbocycles. The van der Waals surface area contributed by atoms with E-state index in [9.17, 15) is 9.59 Å². The number of carbonyl (C=O) groups excluding carboxylic acids is 2. The van der Waals surface area contributed by atoms with E-state index in [0.717, 1.165) is 5.69 Å². The van der Waals surface area contributed by atoms with Crippen molar-refractivity contribution < 1.29 is 19.1 Å². The predicted octanol–water partition coefficient (Wildman–Crippen LogP) is 3.97. The standard InChI is InChI=1S/C19H21ClN2O4/c1-19(2,3)26-18(24)22-8-7-15-13(10-22)16(17(23)25-4)12-9-11(20)5-6-14(12)21-15/h5-6,9H,7-8,10H2,1-4H3. The Kier molecular flexibility index (Phi) is 4.80. The second-order valence-electron chi connectivity index (χ2n) is 7.22. The van der Waals surface area contributed by atoms with Gasteiger partial charge in [-0.1, -0.05) is 11.6 Å². The molecule has 2 aromatic rings. The lowest BCUT2D eigenvalue weighted by molar-refractivity contribution is 0.0220. The normalized spacial score (nSPS) is 14.1. The molecule has 0 unspecified atom stereocenters. The van der Waals surface area contributed by atoms with Crippen LogP contribution < -0.4 is 0 Å². The van der Waals surface area contributed by atoms with Crippen LogP contribution in [0.5, 0.6) is 0 Å². The quantitative estimate of drug-likeness (QED) is 0.704. The number of fused-ring (bicyclic) bond motifs is 2. The van der Waals surface area contributed by atoms with Crippen molar-refractivity contribution in [1.82, 2.24) is 9.88 Å². The lowest BCUT2D eigenvalue weighted by atomic mass is 9.96. The summed E-state index contributed by atoms with van der Waals surface area (Å²) >= 11 is 6.11. The molecule has 0 bridgehead atoms. The van der Waals surface area contributed by atoms with Gasteiger partial charge in [0, 0.05) is 34.6 Å². The van der Waals surface area contributed by atoms with Crippen LogP contribution in [0.4, 0.5) is 4.79 Å². The van der Waals surface area contributed by atoms with E-state index >= 15 is 0 Å². The third-order valence-corrected chi connectivity index (χ3v) is 4.38. The van der Waals surface area contributed by atoms with Crippen LogP contribution in [-0.2, 0) is 22.4 Å². The van der Waals surface area contributed by atoms with Crippen molar-refractivity contribution in [2.24, 2.45) is 0 Å². The fraction of sp³-hybridized carbons (Fsp3) is 0.421. The first-order valence-corrected chi connectivity index (χ1v) is 8.74. The average Bonchev–Trinajstić information content (AvgIpc) is 2.57. The van der Waals surface area contributed by atoms with Crippen LogP contribution >= 0.6 is 11.6 Å². The van der Waals surface area contributed by atoms with E-state index in [1.807, 2.05) is 20.8 Å². The topological polar surface area (TPSA) is 68.7 Å². The number of hydrogen-bond acceptors (Lipinski definition) is 5. The van der Waals surface area contributed by atoms with E-state index < -0.39 is 17.7 Å². The second kappa shape index (κ2) is 6.76. The number of halogens is 1. The van der Waals surface area contributed by atoms with Gasteiger partial charge in [0.05, 0.1) is 24.7 Å². The maximum atomic E-state index is 12.5. The fourth-order valence-corrected chi connectivity index (χ4v) is 3.20. The SMILES string of the molecule is COC(=O)c1c2c(nc3ccc(Cl)cc13)CCN(C(=O)OC(C)(C)C)C2. The Bertz CT molecular complexity index is 889. The minimum absolute atomic E-state index is 0.240. The maximum absolute atomic E-state index is 12.5. The molecule has 0 atom stereocenters. The Morgan fingerprint density at radius 3 is 2.65 bits per heavy atom. The highest BCUT2D eigenvalue weighted by atomic mass is 35.5. The number of hydrogen-bond donors (Lipinski definition) is 0. The number of rotatable bonds is 1. The lowest BCUT2D eigenvalue weighted by Crippen LogP contribution is -2.40. The van der Waals surface area contributed by atoms with Crippen molar-refractivity contribution in [3.8, 4) is 0 Å². The number of ether oxygens (including phenoxy) is 2. The van der Waals surface area contributed by atoms with Gasteiger partial charge in [0.15, 0.2) is 0 Å². The van der Waals surface area contributed by atoms with E-state index in [4.69, 9.17) is 21.1 Å². The number of aromatic nitrogens is 1. The molecular weight excluding hydrogens is 356 g/mol. The third kappa shape index (κ3) is 3.60. The maximum Gasteiger partial charge on any atom is 0.410 e. The van der Waals surface area contributed by atoms with E-state index in [2.05, 4.69) is 4.98 Å². The molecule has 1 aromatic heterocycles. The molecule has 1 aromatic carbocycles. The molecule has 0 N–H and O–H groups in total. The third-order valence-electron chi connectivity index (χ3n) is 4.14. The van der Waals surface area contributed by atoms with E-state index in [1.54, 1.807) is 23.1 Å². The van der Waals surface area contributed by atoms with Crippen LogP contribution in [-0.4, -0.2) is 41.2 Å². The lowest BCUT2D eigenvalue weighted by Gasteiger charge is -2.31. The number of amides is 1. The Balaban J connectivity index is 2.08. The fourth-order valence-electron chi connectivity index (χ4n) is 3.03. The largest absolute Gasteiger partial charge is 0.465 e. The zero-order valence-electron chi connectivity index (χ0n) is 15.3. The molecule has 26 heavy (non-hydrogen) atoms. The first kappa shape index (κ1) is 18.5. The van der Waals surface area contributed by atoms with Crippen molar-refractivity contribution in [2.75, 3.05) is 13.7 Å². The molecule has 1 aliphatic heterocycles. The first-order valence-electron chi connectivity index (χ1n) is 8.37. The molecule has 1 amide bonds. The van der Waals surface area contributed by atoms with Crippen LogP contribution in [0, 0.1) is 0 Å². The van der Waals surface area contributed by atoms with Gasteiger partial charge in [-0.15, -0.1) is 0 Å². The van der Waals surface area contributed by atoms with E-state index in [0.29, 0.717) is 40.0 Å². The zero-order chi connectivity index (χ0) is 19.1. The van der Waals surface area contributed by atoms with Gasteiger partial charge in [0.1, 0.15) is 5.60 Å². The van der Waals surface area contributed by atoms with Crippen molar-refractivity contribution in [1.29, 1.82) is 0 Å². The van der Waals surface area contributed by atoms with Crippen LogP contribution in [0.15, 0.2) is 18.2 Å². The van der Waals surface area contributed by atoms with E-state index in [1.165, 1.54) is 7.11 Å². The van der Waals surface area contributed by atoms with Gasteiger partial charge in [0.2, 0.25) is 0 Å². The molecule has 0 aliphatic carbocycles. The summed E-state index contributed by atoms with van der Waals surface area (Å²) in [5.41, 5.74) is 1.98. The Morgan fingerprint density at radius 2 is 2.00 bits per heavy atom. The summed E-state index contributed by atoms with van der Waals surface area (Å²) in [6, 6.07) is 5.22. The smallest absolute Gasteiger partial charge is 0.410 e. The predicted molar refractivity (Wildman–Crippen MR) is 98.4 cm³/mol. The molecule has 0 radical (unpaired) electrons. The molecule has 2 heterocycles. The molecule has 0 saturated heterocycles. The molecule has 1 aliphatic rings. The van der Waals surface area contributed by atoms with Gasteiger partial charge in [-0.3, -0.25) is 4.98 Å². The highest BCUT2D eigenvalue weighted by Gasteiger charge is 2.30. The molecule has 3 rings (SSSR count).